The molecule has 1 amide bonds. The second kappa shape index (κ2) is 8.56. The second-order valence-electron chi connectivity index (χ2n) is 4.95. The van der Waals surface area contributed by atoms with E-state index in [-0.39, 0.29) is 18.2 Å². The molecule has 118 valence electrons. The number of likely N-dealkylation sites (N-methyl/N-ethyl adjacent to an activating group) is 1. The van der Waals surface area contributed by atoms with Crippen molar-refractivity contribution in [3.63, 3.8) is 0 Å². The lowest BCUT2D eigenvalue weighted by atomic mass is 10.3. The van der Waals surface area contributed by atoms with Gasteiger partial charge in [-0.2, -0.15) is 4.31 Å². The Morgan fingerprint density at radius 3 is 2.60 bits per heavy atom. The molecule has 1 rings (SSSR count). The summed E-state index contributed by atoms with van der Waals surface area (Å²) in [5.74, 6) is -0.232. The maximum atomic E-state index is 11.6. The van der Waals surface area contributed by atoms with Gasteiger partial charge in [-0.25, -0.2) is 8.42 Å². The van der Waals surface area contributed by atoms with Crippen LogP contribution in [0, 0.1) is 0 Å². The van der Waals surface area contributed by atoms with Crippen LogP contribution in [0.4, 0.5) is 0 Å². The van der Waals surface area contributed by atoms with Gasteiger partial charge in [-0.1, -0.05) is 0 Å². The summed E-state index contributed by atoms with van der Waals surface area (Å²) in [7, 11) is -1.85. The molecule has 7 nitrogen and oxygen atoms in total. The van der Waals surface area contributed by atoms with E-state index in [2.05, 4.69) is 15.5 Å². The first-order chi connectivity index (χ1) is 9.45. The van der Waals surface area contributed by atoms with Crippen LogP contribution in [0.25, 0.3) is 0 Å². The van der Waals surface area contributed by atoms with Gasteiger partial charge >= 0.3 is 0 Å². The zero-order valence-corrected chi connectivity index (χ0v) is 13.2. The first kappa shape index (κ1) is 17.4. The summed E-state index contributed by atoms with van der Waals surface area (Å²) in [5.41, 5.74) is 0. The Balaban J connectivity index is 2.13. The molecule has 20 heavy (non-hydrogen) atoms. The molecule has 1 aliphatic heterocycles. The van der Waals surface area contributed by atoms with Crippen molar-refractivity contribution >= 4 is 15.9 Å². The number of piperazine rings is 1. The van der Waals surface area contributed by atoms with Gasteiger partial charge in [0.05, 0.1) is 12.3 Å². The summed E-state index contributed by atoms with van der Waals surface area (Å²) < 4.78 is 24.1. The fourth-order valence-electron chi connectivity index (χ4n) is 2.04. The third-order valence-electron chi connectivity index (χ3n) is 3.39. The number of sulfonamides is 1. The average molecular weight is 306 g/mol. The van der Waals surface area contributed by atoms with Crippen LogP contribution < -0.4 is 10.6 Å². The van der Waals surface area contributed by atoms with Crippen molar-refractivity contribution in [1.29, 1.82) is 0 Å². The van der Waals surface area contributed by atoms with Crippen molar-refractivity contribution in [3.8, 4) is 0 Å². The third-order valence-corrected chi connectivity index (χ3v) is 5.20. The lowest BCUT2D eigenvalue weighted by molar-refractivity contribution is -0.121. The standard InChI is InChI=1S/C12H26N4O3S/c1-3-20(18,19)15(2)11-12(17)14-5-4-8-16-9-6-13-7-10-16/h13H,3-11H2,1-2H3,(H,14,17). The molecule has 0 aromatic rings. The van der Waals surface area contributed by atoms with Crippen molar-refractivity contribution in [2.45, 2.75) is 13.3 Å². The average Bonchev–Trinajstić information content (AvgIpc) is 2.44. The third kappa shape index (κ3) is 6.17. The Bertz CT molecular complexity index is 394. The predicted molar refractivity (Wildman–Crippen MR) is 79.0 cm³/mol. The fraction of sp³-hybridized carbons (Fsp3) is 0.917. The van der Waals surface area contributed by atoms with Crippen molar-refractivity contribution in [3.05, 3.63) is 0 Å². The van der Waals surface area contributed by atoms with Crippen LogP contribution in [0.3, 0.4) is 0 Å². The van der Waals surface area contributed by atoms with E-state index in [9.17, 15) is 13.2 Å². The van der Waals surface area contributed by atoms with E-state index in [1.54, 1.807) is 6.92 Å². The highest BCUT2D eigenvalue weighted by Gasteiger charge is 2.17. The highest BCUT2D eigenvalue weighted by atomic mass is 32.2. The quantitative estimate of drug-likeness (QED) is 0.544. The number of rotatable bonds is 8. The minimum absolute atomic E-state index is 0.0137. The van der Waals surface area contributed by atoms with Gasteiger partial charge in [-0.3, -0.25) is 4.79 Å². The zero-order valence-electron chi connectivity index (χ0n) is 12.4. The molecular formula is C12H26N4O3S. The maximum absolute atomic E-state index is 11.6. The van der Waals surface area contributed by atoms with Crippen LogP contribution in [-0.2, 0) is 14.8 Å². The van der Waals surface area contributed by atoms with E-state index in [0.29, 0.717) is 6.54 Å². The number of carbonyl (C=O) groups excluding carboxylic acids is 1. The fourth-order valence-corrected chi connectivity index (χ4v) is 2.80. The number of nitrogens with one attached hydrogen (secondary N) is 2. The Labute approximate surface area is 121 Å². The summed E-state index contributed by atoms with van der Waals surface area (Å²) in [6.45, 7) is 7.14. The Hall–Kier alpha value is -0.700. The summed E-state index contributed by atoms with van der Waals surface area (Å²) in [4.78, 5) is 14.0. The van der Waals surface area contributed by atoms with Gasteiger partial charge in [0, 0.05) is 39.8 Å². The summed E-state index contributed by atoms with van der Waals surface area (Å²) in [6.07, 6.45) is 0.885. The molecule has 0 aromatic carbocycles. The van der Waals surface area contributed by atoms with E-state index in [4.69, 9.17) is 0 Å². The first-order valence-corrected chi connectivity index (χ1v) is 8.70. The number of carbonyl (C=O) groups is 1. The van der Waals surface area contributed by atoms with Gasteiger partial charge < -0.3 is 15.5 Å². The Morgan fingerprint density at radius 1 is 1.35 bits per heavy atom. The Morgan fingerprint density at radius 2 is 2.00 bits per heavy atom. The molecule has 2 N–H and O–H groups in total. The predicted octanol–water partition coefficient (Wildman–Crippen LogP) is -1.32. The van der Waals surface area contributed by atoms with Crippen molar-refractivity contribution < 1.29 is 13.2 Å². The molecule has 0 aliphatic carbocycles. The molecule has 1 fully saturated rings. The summed E-state index contributed by atoms with van der Waals surface area (Å²) in [5, 5.41) is 6.05. The van der Waals surface area contributed by atoms with Crippen molar-refractivity contribution in [2.75, 3.05) is 58.6 Å². The van der Waals surface area contributed by atoms with Crippen LogP contribution in [-0.4, -0.2) is 82.1 Å². The topological polar surface area (TPSA) is 81.8 Å². The van der Waals surface area contributed by atoms with Crippen LogP contribution in [0.5, 0.6) is 0 Å². The van der Waals surface area contributed by atoms with Gasteiger partial charge in [0.25, 0.3) is 0 Å². The van der Waals surface area contributed by atoms with E-state index in [0.717, 1.165) is 43.4 Å². The van der Waals surface area contributed by atoms with Crippen LogP contribution in [0.2, 0.25) is 0 Å². The molecule has 0 atom stereocenters. The van der Waals surface area contributed by atoms with E-state index in [1.165, 1.54) is 7.05 Å². The SMILES string of the molecule is CCS(=O)(=O)N(C)CC(=O)NCCCN1CCNCC1. The molecule has 8 heteroatoms. The number of amides is 1. The normalized spacial score (nSPS) is 17.4. The largest absolute Gasteiger partial charge is 0.355 e. The lowest BCUT2D eigenvalue weighted by Gasteiger charge is -2.27. The number of hydrogen-bond acceptors (Lipinski definition) is 5. The number of nitrogens with zero attached hydrogens (tertiary/aromatic N) is 2. The van der Waals surface area contributed by atoms with Crippen LogP contribution >= 0.6 is 0 Å². The highest BCUT2D eigenvalue weighted by molar-refractivity contribution is 7.89. The molecule has 0 bridgehead atoms. The monoisotopic (exact) mass is 306 g/mol. The van der Waals surface area contributed by atoms with E-state index >= 15 is 0 Å². The Kier molecular flexibility index (Phi) is 7.42. The summed E-state index contributed by atoms with van der Waals surface area (Å²) in [6, 6.07) is 0. The maximum Gasteiger partial charge on any atom is 0.235 e. The second-order valence-corrected chi connectivity index (χ2v) is 7.32. The molecule has 0 radical (unpaired) electrons. The molecule has 0 spiro atoms. The van der Waals surface area contributed by atoms with Crippen molar-refractivity contribution in [1.82, 2.24) is 19.8 Å². The van der Waals surface area contributed by atoms with Crippen LogP contribution in [0.1, 0.15) is 13.3 Å². The number of hydrogen-bond donors (Lipinski definition) is 2. The van der Waals surface area contributed by atoms with Gasteiger partial charge in [-0.05, 0) is 19.9 Å². The molecule has 0 aromatic heterocycles. The van der Waals surface area contributed by atoms with Crippen molar-refractivity contribution in [2.24, 2.45) is 0 Å². The van der Waals surface area contributed by atoms with Gasteiger partial charge in [-0.15, -0.1) is 0 Å². The lowest BCUT2D eigenvalue weighted by Crippen LogP contribution is -2.44. The molecule has 0 saturated carbocycles. The summed E-state index contributed by atoms with van der Waals surface area (Å²) >= 11 is 0. The smallest absolute Gasteiger partial charge is 0.235 e. The molecule has 1 saturated heterocycles. The zero-order chi connectivity index (χ0) is 15.0. The highest BCUT2D eigenvalue weighted by Crippen LogP contribution is 1.97. The molecule has 1 aliphatic rings. The minimum Gasteiger partial charge on any atom is -0.355 e. The molecule has 0 unspecified atom stereocenters. The van der Waals surface area contributed by atoms with Gasteiger partial charge in [0.2, 0.25) is 15.9 Å². The van der Waals surface area contributed by atoms with E-state index in [1.807, 2.05) is 0 Å². The van der Waals surface area contributed by atoms with Gasteiger partial charge in [0.15, 0.2) is 0 Å². The minimum atomic E-state index is -3.28. The van der Waals surface area contributed by atoms with E-state index < -0.39 is 10.0 Å². The van der Waals surface area contributed by atoms with Crippen LogP contribution in [0.15, 0.2) is 0 Å². The molecule has 1 heterocycles. The molecular weight excluding hydrogens is 280 g/mol. The first-order valence-electron chi connectivity index (χ1n) is 7.09. The van der Waals surface area contributed by atoms with Gasteiger partial charge in [0.1, 0.15) is 0 Å².